The molecule has 6 rings (SSSR count). The number of carboxylic acids is 1. The van der Waals surface area contributed by atoms with Gasteiger partial charge in [0.25, 0.3) is 0 Å². The van der Waals surface area contributed by atoms with Crippen LogP contribution in [0.5, 0.6) is 5.75 Å². The van der Waals surface area contributed by atoms with Crippen molar-refractivity contribution in [2.24, 2.45) is 0 Å². The number of ether oxygens (including phenoxy) is 2. The molecule has 5 aromatic carbocycles. The molecule has 0 radical (unpaired) electrons. The number of aliphatic carboxylic acids is 1. The maximum absolute atomic E-state index is 11.4. The van der Waals surface area contributed by atoms with Gasteiger partial charge in [0.05, 0.1) is 0 Å². The van der Waals surface area contributed by atoms with E-state index in [2.05, 4.69) is 42.5 Å². The Kier molecular flexibility index (Phi) is 4.43. The van der Waals surface area contributed by atoms with E-state index in [9.17, 15) is 25.2 Å². The molecule has 166 valence electrons. The first-order valence-electron chi connectivity index (χ1n) is 10.6. The normalized spacial score (nSPS) is 25.8. The molecule has 0 aliphatic carbocycles. The third-order valence-corrected chi connectivity index (χ3v) is 6.50. The molecule has 1 saturated heterocycles. The molecular formula is C26H20O7. The van der Waals surface area contributed by atoms with Gasteiger partial charge in [0.2, 0.25) is 6.29 Å². The topological polar surface area (TPSA) is 116 Å². The lowest BCUT2D eigenvalue weighted by Crippen LogP contribution is -2.61. The summed E-state index contributed by atoms with van der Waals surface area (Å²) in [4.78, 5) is 11.4. The minimum absolute atomic E-state index is 0.342. The number of rotatable bonds is 3. The maximum atomic E-state index is 11.4. The second-order valence-electron chi connectivity index (χ2n) is 8.47. The molecule has 0 spiro atoms. The summed E-state index contributed by atoms with van der Waals surface area (Å²) in [5.74, 6) is -1.11. The van der Waals surface area contributed by atoms with E-state index in [1.54, 1.807) is 6.07 Å². The lowest BCUT2D eigenvalue weighted by Gasteiger charge is -2.38. The predicted molar refractivity (Wildman–Crippen MR) is 123 cm³/mol. The Morgan fingerprint density at radius 2 is 1.42 bits per heavy atom. The second kappa shape index (κ2) is 7.26. The lowest BCUT2D eigenvalue weighted by atomic mass is 9.91. The molecule has 0 aromatic heterocycles. The second-order valence-corrected chi connectivity index (χ2v) is 8.47. The minimum Gasteiger partial charge on any atom is -0.479 e. The third kappa shape index (κ3) is 3.02. The number of hydrogen-bond acceptors (Lipinski definition) is 6. The fraction of sp³-hybridized carbons (Fsp3) is 0.192. The van der Waals surface area contributed by atoms with Crippen LogP contribution in [0, 0.1) is 0 Å². The van der Waals surface area contributed by atoms with Crippen LogP contribution in [-0.4, -0.2) is 57.1 Å². The van der Waals surface area contributed by atoms with E-state index in [4.69, 9.17) is 9.47 Å². The first kappa shape index (κ1) is 20.1. The molecule has 1 aliphatic heterocycles. The molecule has 0 saturated carbocycles. The van der Waals surface area contributed by atoms with Crippen LogP contribution >= 0.6 is 0 Å². The van der Waals surface area contributed by atoms with E-state index in [1.807, 2.05) is 18.2 Å². The van der Waals surface area contributed by atoms with Crippen LogP contribution in [0.2, 0.25) is 0 Å². The Hall–Kier alpha value is -3.49. The van der Waals surface area contributed by atoms with Gasteiger partial charge < -0.3 is 29.9 Å². The smallest absolute Gasteiger partial charge is 0.335 e. The van der Waals surface area contributed by atoms with Gasteiger partial charge in [-0.05, 0) is 61.3 Å². The SMILES string of the molecule is O=C(O)[C@H]1OC(Oc2ccc3cc4ccc5cccc6ccc(c3c2)c4c56)[C@H](O)[C@@H](O)[C@@H]1O. The van der Waals surface area contributed by atoms with Crippen LogP contribution in [0.3, 0.4) is 0 Å². The van der Waals surface area contributed by atoms with Gasteiger partial charge in [-0.15, -0.1) is 0 Å². The van der Waals surface area contributed by atoms with Crippen molar-refractivity contribution < 1.29 is 34.7 Å². The Labute approximate surface area is 187 Å². The average Bonchev–Trinajstić information content (AvgIpc) is 2.82. The molecule has 5 atom stereocenters. The van der Waals surface area contributed by atoms with Gasteiger partial charge in [-0.25, -0.2) is 4.79 Å². The van der Waals surface area contributed by atoms with Crippen molar-refractivity contribution in [2.45, 2.75) is 30.7 Å². The van der Waals surface area contributed by atoms with E-state index in [0.29, 0.717) is 5.75 Å². The number of benzene rings is 5. The Balaban J connectivity index is 1.46. The molecule has 7 heteroatoms. The summed E-state index contributed by atoms with van der Waals surface area (Å²) in [7, 11) is 0. The Morgan fingerprint density at radius 3 is 2.18 bits per heavy atom. The fourth-order valence-electron chi connectivity index (χ4n) is 4.87. The highest BCUT2D eigenvalue weighted by molar-refractivity contribution is 6.28. The van der Waals surface area contributed by atoms with Crippen molar-refractivity contribution in [3.8, 4) is 5.75 Å². The van der Waals surface area contributed by atoms with Gasteiger partial charge in [0.1, 0.15) is 24.1 Å². The molecule has 1 fully saturated rings. The van der Waals surface area contributed by atoms with Crippen molar-refractivity contribution in [3.63, 3.8) is 0 Å². The molecule has 1 heterocycles. The zero-order chi connectivity index (χ0) is 22.9. The van der Waals surface area contributed by atoms with Crippen molar-refractivity contribution in [1.82, 2.24) is 0 Å². The van der Waals surface area contributed by atoms with E-state index in [0.717, 1.165) is 37.7 Å². The summed E-state index contributed by atoms with van der Waals surface area (Å²) in [6.45, 7) is 0. The summed E-state index contributed by atoms with van der Waals surface area (Å²) >= 11 is 0. The predicted octanol–water partition coefficient (Wildman–Crippen LogP) is 3.01. The number of carboxylic acid groups (broad SMARTS) is 1. The monoisotopic (exact) mass is 444 g/mol. The van der Waals surface area contributed by atoms with Gasteiger partial charge >= 0.3 is 5.97 Å². The average molecular weight is 444 g/mol. The quantitative estimate of drug-likeness (QED) is 0.250. The number of fused-ring (bicyclic) bond motifs is 2. The standard InChI is InChI=1S/C26H20O7/c27-21-22(28)24(25(30)31)33-26(23(21)29)32-16-8-6-14-10-15-5-4-12-2-1-3-13-7-9-17(18(14)11-16)20(15)19(12)13/h1-11,21-24,26-29H,(H,30,31)/t21-,22-,23+,24-,26?/m0/s1. The van der Waals surface area contributed by atoms with Gasteiger partial charge in [-0.2, -0.15) is 0 Å². The van der Waals surface area contributed by atoms with E-state index in [-0.39, 0.29) is 0 Å². The van der Waals surface area contributed by atoms with Crippen LogP contribution in [0.15, 0.2) is 66.7 Å². The molecule has 0 amide bonds. The summed E-state index contributed by atoms with van der Waals surface area (Å²) in [6, 6.07) is 22.1. The summed E-state index contributed by atoms with van der Waals surface area (Å²) < 4.78 is 11.0. The third-order valence-electron chi connectivity index (χ3n) is 6.50. The zero-order valence-electron chi connectivity index (χ0n) is 17.3. The molecule has 1 unspecified atom stereocenters. The Morgan fingerprint density at radius 1 is 0.727 bits per heavy atom. The summed E-state index contributed by atoms with van der Waals surface area (Å²) in [5.41, 5.74) is 0. The number of hydrogen-bond donors (Lipinski definition) is 4. The highest BCUT2D eigenvalue weighted by Crippen LogP contribution is 2.39. The van der Waals surface area contributed by atoms with Crippen molar-refractivity contribution in [1.29, 1.82) is 0 Å². The van der Waals surface area contributed by atoms with Crippen LogP contribution < -0.4 is 4.74 Å². The zero-order valence-corrected chi connectivity index (χ0v) is 17.3. The maximum Gasteiger partial charge on any atom is 0.335 e. The molecule has 5 aromatic rings. The number of carbonyl (C=O) groups is 1. The largest absolute Gasteiger partial charge is 0.479 e. The number of aliphatic hydroxyl groups is 3. The van der Waals surface area contributed by atoms with Crippen LogP contribution in [0.25, 0.3) is 43.1 Å². The fourth-order valence-corrected chi connectivity index (χ4v) is 4.87. The first-order valence-corrected chi connectivity index (χ1v) is 10.6. The molecule has 33 heavy (non-hydrogen) atoms. The molecule has 1 aliphatic rings. The van der Waals surface area contributed by atoms with Gasteiger partial charge in [-0.1, -0.05) is 48.5 Å². The van der Waals surface area contributed by atoms with E-state index >= 15 is 0 Å². The summed E-state index contributed by atoms with van der Waals surface area (Å²) in [5, 5.41) is 48.2. The van der Waals surface area contributed by atoms with Gasteiger partial charge in [0.15, 0.2) is 6.10 Å². The highest BCUT2D eigenvalue weighted by atomic mass is 16.7. The Bertz CT molecular complexity index is 1510. The van der Waals surface area contributed by atoms with Gasteiger partial charge in [0, 0.05) is 0 Å². The lowest BCUT2D eigenvalue weighted by molar-refractivity contribution is -0.271. The molecule has 4 N–H and O–H groups in total. The van der Waals surface area contributed by atoms with E-state index in [1.165, 1.54) is 5.39 Å². The molecular weight excluding hydrogens is 424 g/mol. The molecule has 7 nitrogen and oxygen atoms in total. The van der Waals surface area contributed by atoms with Crippen molar-refractivity contribution in [2.75, 3.05) is 0 Å². The minimum atomic E-state index is -1.77. The summed E-state index contributed by atoms with van der Waals surface area (Å²) in [6.07, 6.45) is -8.28. The number of aliphatic hydroxyl groups excluding tert-OH is 3. The first-order chi connectivity index (χ1) is 15.9. The molecule has 0 bridgehead atoms. The van der Waals surface area contributed by atoms with Crippen LogP contribution in [0.1, 0.15) is 0 Å². The van der Waals surface area contributed by atoms with Crippen LogP contribution in [0.4, 0.5) is 0 Å². The van der Waals surface area contributed by atoms with Crippen molar-refractivity contribution >= 4 is 49.1 Å². The van der Waals surface area contributed by atoms with Crippen LogP contribution in [-0.2, 0) is 9.53 Å². The van der Waals surface area contributed by atoms with E-state index < -0.39 is 36.7 Å². The highest BCUT2D eigenvalue weighted by Gasteiger charge is 2.48. The van der Waals surface area contributed by atoms with Gasteiger partial charge in [-0.3, -0.25) is 0 Å². The van der Waals surface area contributed by atoms with Crippen molar-refractivity contribution in [3.05, 3.63) is 66.7 Å².